The Labute approximate surface area is 58.1 Å². The maximum Gasteiger partial charge on any atom is 0.307 e. The van der Waals surface area contributed by atoms with E-state index in [1.54, 1.807) is 6.08 Å². The molecule has 9 heavy (non-hydrogen) atoms. The number of halogens is 1. The summed E-state index contributed by atoms with van der Waals surface area (Å²) in [7, 11) is 0. The highest BCUT2D eigenvalue weighted by atomic mass is 35.5. The van der Waals surface area contributed by atoms with Gasteiger partial charge in [-0.25, -0.2) is 0 Å². The number of carboxylic acids is 1. The summed E-state index contributed by atoms with van der Waals surface area (Å²) < 4.78 is 0. The zero-order valence-corrected chi connectivity index (χ0v) is 5.56. The van der Waals surface area contributed by atoms with Crippen molar-refractivity contribution in [3.63, 3.8) is 0 Å². The van der Waals surface area contributed by atoms with Gasteiger partial charge in [-0.15, -0.1) is 0 Å². The van der Waals surface area contributed by atoms with Gasteiger partial charge in [0.25, 0.3) is 0 Å². The smallest absolute Gasteiger partial charge is 0.307 e. The van der Waals surface area contributed by atoms with E-state index in [1.807, 2.05) is 0 Å². The summed E-state index contributed by atoms with van der Waals surface area (Å²) >= 11 is 5.55. The molecule has 0 saturated heterocycles. The van der Waals surface area contributed by atoms with Crippen LogP contribution in [0.4, 0.5) is 0 Å². The Bertz CT molecular complexity index is 162. The number of carbonyl (C=O) groups is 1. The van der Waals surface area contributed by atoms with Gasteiger partial charge in [-0.1, -0.05) is 17.7 Å². The van der Waals surface area contributed by atoms with Crippen molar-refractivity contribution in [3.8, 4) is 0 Å². The van der Waals surface area contributed by atoms with Crippen LogP contribution in [0.2, 0.25) is 0 Å². The molecule has 0 aliphatic heterocycles. The zero-order valence-electron chi connectivity index (χ0n) is 4.80. The molecule has 0 aromatic heterocycles. The lowest BCUT2D eigenvalue weighted by atomic mass is 10.1. The molecule has 0 aromatic rings. The second kappa shape index (κ2) is 2.40. The Kier molecular flexibility index (Phi) is 1.76. The van der Waals surface area contributed by atoms with Crippen LogP contribution >= 0.6 is 11.6 Å². The van der Waals surface area contributed by atoms with Crippen molar-refractivity contribution in [2.45, 2.75) is 12.8 Å². The van der Waals surface area contributed by atoms with Crippen molar-refractivity contribution in [3.05, 3.63) is 11.1 Å². The average Bonchev–Trinajstić information content (AvgIpc) is 2.14. The first-order chi connectivity index (χ1) is 4.20. The third-order valence-electron chi connectivity index (χ3n) is 1.41. The highest BCUT2D eigenvalue weighted by Gasteiger charge is 2.21. The van der Waals surface area contributed by atoms with Crippen LogP contribution in [0, 0.1) is 5.92 Å². The van der Waals surface area contributed by atoms with Crippen LogP contribution in [0.15, 0.2) is 11.1 Å². The van der Waals surface area contributed by atoms with Crippen LogP contribution < -0.4 is 0 Å². The Morgan fingerprint density at radius 3 is 2.78 bits per heavy atom. The number of hydrogen-bond donors (Lipinski definition) is 1. The minimum absolute atomic E-state index is 0.266. The monoisotopic (exact) mass is 146 g/mol. The van der Waals surface area contributed by atoms with Gasteiger partial charge in [0, 0.05) is 5.03 Å². The molecule has 0 aromatic carbocycles. The SMILES string of the molecule is O=C(O)[C@@H]1CC=C(Cl)C1. The second-order valence-electron chi connectivity index (χ2n) is 2.13. The number of rotatable bonds is 1. The largest absolute Gasteiger partial charge is 0.481 e. The lowest BCUT2D eigenvalue weighted by Gasteiger charge is -1.98. The summed E-state index contributed by atoms with van der Waals surface area (Å²) in [5, 5.41) is 9.12. The minimum atomic E-state index is -0.748. The van der Waals surface area contributed by atoms with Crippen molar-refractivity contribution in [1.82, 2.24) is 0 Å². The third kappa shape index (κ3) is 1.45. The molecule has 2 nitrogen and oxygen atoms in total. The summed E-state index contributed by atoms with van der Waals surface area (Å²) in [5.74, 6) is -1.01. The van der Waals surface area contributed by atoms with Crippen LogP contribution in [-0.4, -0.2) is 11.1 Å². The van der Waals surface area contributed by atoms with E-state index < -0.39 is 5.97 Å². The molecule has 1 aliphatic carbocycles. The molecule has 0 unspecified atom stereocenters. The molecule has 3 heteroatoms. The Morgan fingerprint density at radius 2 is 2.56 bits per heavy atom. The first-order valence-electron chi connectivity index (χ1n) is 2.77. The minimum Gasteiger partial charge on any atom is -0.481 e. The summed E-state index contributed by atoms with van der Waals surface area (Å²) in [5.41, 5.74) is 0. The quantitative estimate of drug-likeness (QED) is 0.610. The van der Waals surface area contributed by atoms with Gasteiger partial charge in [-0.3, -0.25) is 4.79 Å². The molecular weight excluding hydrogens is 140 g/mol. The van der Waals surface area contributed by atoms with Crippen molar-refractivity contribution >= 4 is 17.6 Å². The summed E-state index contributed by atoms with van der Waals surface area (Å²) in [4.78, 5) is 10.3. The highest BCUT2D eigenvalue weighted by Crippen LogP contribution is 2.26. The first-order valence-corrected chi connectivity index (χ1v) is 3.15. The van der Waals surface area contributed by atoms with Gasteiger partial charge in [0.15, 0.2) is 0 Å². The maximum atomic E-state index is 10.3. The van der Waals surface area contributed by atoms with Crippen LogP contribution in [-0.2, 0) is 4.79 Å². The lowest BCUT2D eigenvalue weighted by Crippen LogP contribution is -2.08. The zero-order chi connectivity index (χ0) is 6.85. The van der Waals surface area contributed by atoms with Gasteiger partial charge in [-0.2, -0.15) is 0 Å². The molecule has 1 N–H and O–H groups in total. The van der Waals surface area contributed by atoms with Crippen molar-refractivity contribution in [2.24, 2.45) is 5.92 Å². The molecule has 1 rings (SSSR count). The van der Waals surface area contributed by atoms with Gasteiger partial charge in [0.05, 0.1) is 5.92 Å². The number of carboxylic acid groups (broad SMARTS) is 1. The highest BCUT2D eigenvalue weighted by molar-refractivity contribution is 6.29. The Hall–Kier alpha value is -0.500. The second-order valence-corrected chi connectivity index (χ2v) is 2.61. The van der Waals surface area contributed by atoms with Crippen molar-refractivity contribution in [2.75, 3.05) is 0 Å². The van der Waals surface area contributed by atoms with E-state index in [0.717, 1.165) is 0 Å². The van der Waals surface area contributed by atoms with Gasteiger partial charge >= 0.3 is 5.97 Å². The molecule has 0 bridgehead atoms. The number of allylic oxidation sites excluding steroid dienone is 2. The Morgan fingerprint density at radius 1 is 1.89 bits per heavy atom. The van der Waals surface area contributed by atoms with Crippen LogP contribution in [0.25, 0.3) is 0 Å². The average molecular weight is 147 g/mol. The predicted octanol–water partition coefficient (Wildman–Crippen LogP) is 1.60. The molecule has 1 atom stereocenters. The third-order valence-corrected chi connectivity index (χ3v) is 1.72. The maximum absolute atomic E-state index is 10.3. The van der Waals surface area contributed by atoms with Crippen LogP contribution in [0.5, 0.6) is 0 Å². The van der Waals surface area contributed by atoms with Gasteiger partial charge in [-0.05, 0) is 12.8 Å². The lowest BCUT2D eigenvalue weighted by molar-refractivity contribution is -0.141. The topological polar surface area (TPSA) is 37.3 Å². The first kappa shape index (κ1) is 6.62. The fourth-order valence-corrected chi connectivity index (χ4v) is 1.14. The molecule has 0 spiro atoms. The van der Waals surface area contributed by atoms with E-state index in [0.29, 0.717) is 17.9 Å². The summed E-state index contributed by atoms with van der Waals surface area (Å²) in [6.45, 7) is 0. The predicted molar refractivity (Wildman–Crippen MR) is 34.3 cm³/mol. The summed E-state index contributed by atoms with van der Waals surface area (Å²) in [6, 6.07) is 0. The summed E-state index contributed by atoms with van der Waals surface area (Å²) in [6.07, 6.45) is 2.87. The molecule has 0 heterocycles. The Balaban J connectivity index is 2.47. The molecule has 0 saturated carbocycles. The normalized spacial score (nSPS) is 25.9. The van der Waals surface area contributed by atoms with Gasteiger partial charge < -0.3 is 5.11 Å². The van der Waals surface area contributed by atoms with Crippen molar-refractivity contribution in [1.29, 1.82) is 0 Å². The molecule has 0 amide bonds. The van der Waals surface area contributed by atoms with E-state index in [4.69, 9.17) is 16.7 Å². The van der Waals surface area contributed by atoms with Crippen molar-refractivity contribution < 1.29 is 9.90 Å². The van der Waals surface area contributed by atoms with E-state index in [1.165, 1.54) is 0 Å². The van der Waals surface area contributed by atoms with E-state index in [-0.39, 0.29) is 5.92 Å². The van der Waals surface area contributed by atoms with Crippen LogP contribution in [0.3, 0.4) is 0 Å². The van der Waals surface area contributed by atoms with E-state index in [9.17, 15) is 4.79 Å². The molecule has 1 aliphatic rings. The van der Waals surface area contributed by atoms with Gasteiger partial charge in [0.2, 0.25) is 0 Å². The molecular formula is C6H7ClO2. The van der Waals surface area contributed by atoms with Gasteiger partial charge in [0.1, 0.15) is 0 Å². The van der Waals surface area contributed by atoms with E-state index in [2.05, 4.69) is 0 Å². The standard InChI is InChI=1S/C6H7ClO2/c7-5-2-1-4(3-5)6(8)9/h2,4H,1,3H2,(H,8,9)/t4-/m1/s1. The van der Waals surface area contributed by atoms with E-state index >= 15 is 0 Å². The fraction of sp³-hybridized carbons (Fsp3) is 0.500. The van der Waals surface area contributed by atoms with Crippen LogP contribution in [0.1, 0.15) is 12.8 Å². The number of aliphatic carboxylic acids is 1. The number of hydrogen-bond acceptors (Lipinski definition) is 1. The molecule has 0 fully saturated rings. The molecule has 0 radical (unpaired) electrons. The fourth-order valence-electron chi connectivity index (χ4n) is 0.860. The molecule has 50 valence electrons.